The lowest BCUT2D eigenvalue weighted by atomic mass is 9.96. The summed E-state index contributed by atoms with van der Waals surface area (Å²) in [5, 5.41) is 6.17. The highest BCUT2D eigenvalue weighted by molar-refractivity contribution is 6.10. The molecule has 5 heteroatoms. The highest BCUT2D eigenvalue weighted by atomic mass is 16.2. The van der Waals surface area contributed by atoms with E-state index >= 15 is 0 Å². The number of carbonyl (C=O) groups excluding carboxylic acids is 2. The molecule has 0 spiro atoms. The van der Waals surface area contributed by atoms with Crippen molar-refractivity contribution in [2.24, 2.45) is 0 Å². The lowest BCUT2D eigenvalue weighted by Gasteiger charge is -2.40. The van der Waals surface area contributed by atoms with Crippen LogP contribution in [0.5, 0.6) is 0 Å². The van der Waals surface area contributed by atoms with Crippen LogP contribution in [0.2, 0.25) is 0 Å². The fourth-order valence-corrected chi connectivity index (χ4v) is 2.72. The second-order valence-corrected chi connectivity index (χ2v) is 6.80. The van der Waals surface area contributed by atoms with E-state index in [0.29, 0.717) is 6.54 Å². The third-order valence-electron chi connectivity index (χ3n) is 4.28. The van der Waals surface area contributed by atoms with Gasteiger partial charge in [-0.2, -0.15) is 0 Å². The van der Waals surface area contributed by atoms with Crippen molar-refractivity contribution in [2.75, 3.05) is 23.3 Å². The van der Waals surface area contributed by atoms with Crippen molar-refractivity contribution in [1.29, 1.82) is 0 Å². The molecule has 1 heterocycles. The number of benzene rings is 1. The molecule has 1 aromatic rings. The minimum atomic E-state index is -0.724. The van der Waals surface area contributed by atoms with Crippen LogP contribution in [0.1, 0.15) is 44.7 Å². The van der Waals surface area contributed by atoms with E-state index in [4.69, 9.17) is 0 Å². The van der Waals surface area contributed by atoms with Gasteiger partial charge in [0.25, 0.3) is 5.91 Å². The Labute approximate surface area is 138 Å². The van der Waals surface area contributed by atoms with Crippen LogP contribution in [-0.2, 0) is 9.59 Å². The Bertz CT molecular complexity index is 623. The smallest absolute Gasteiger partial charge is 0.252 e. The Kier molecular flexibility index (Phi) is 4.97. The minimum absolute atomic E-state index is 0.0587. The Balaban J connectivity index is 2.29. The molecule has 2 rings (SSSR count). The molecule has 1 aliphatic rings. The van der Waals surface area contributed by atoms with Gasteiger partial charge in [-0.05, 0) is 57.4 Å². The van der Waals surface area contributed by atoms with Gasteiger partial charge < -0.3 is 10.6 Å². The van der Waals surface area contributed by atoms with Gasteiger partial charge in [0.1, 0.15) is 12.1 Å². The first-order valence-corrected chi connectivity index (χ1v) is 8.24. The molecule has 0 aromatic heterocycles. The Morgan fingerprint density at radius 1 is 1.26 bits per heavy atom. The normalized spacial score (nSPS) is 15.9. The van der Waals surface area contributed by atoms with E-state index in [0.717, 1.165) is 35.3 Å². The van der Waals surface area contributed by atoms with E-state index in [2.05, 4.69) is 17.6 Å². The van der Waals surface area contributed by atoms with E-state index in [1.54, 1.807) is 4.90 Å². The van der Waals surface area contributed by atoms with E-state index < -0.39 is 5.54 Å². The average Bonchev–Trinajstić information content (AvgIpc) is 2.46. The molecule has 2 N–H and O–H groups in total. The first-order valence-electron chi connectivity index (χ1n) is 8.24. The third kappa shape index (κ3) is 3.66. The predicted molar refractivity (Wildman–Crippen MR) is 93.9 cm³/mol. The zero-order valence-electron chi connectivity index (χ0n) is 14.7. The lowest BCUT2D eigenvalue weighted by molar-refractivity contribution is -0.125. The van der Waals surface area contributed by atoms with Crippen LogP contribution >= 0.6 is 0 Å². The van der Waals surface area contributed by atoms with E-state index in [-0.39, 0.29) is 18.4 Å². The van der Waals surface area contributed by atoms with Crippen LogP contribution < -0.4 is 15.5 Å². The summed E-state index contributed by atoms with van der Waals surface area (Å²) in [5.41, 5.74) is 3.23. The molecule has 126 valence electrons. The molecule has 0 radical (unpaired) electrons. The van der Waals surface area contributed by atoms with E-state index in [1.807, 2.05) is 39.8 Å². The summed E-state index contributed by atoms with van der Waals surface area (Å²) in [4.78, 5) is 26.5. The number of carbonyl (C=O) groups is 2. The largest absolute Gasteiger partial charge is 0.370 e. The van der Waals surface area contributed by atoms with Gasteiger partial charge >= 0.3 is 0 Å². The van der Waals surface area contributed by atoms with Gasteiger partial charge in [0.2, 0.25) is 5.91 Å². The number of fused-ring (bicyclic) bond motifs is 1. The second-order valence-electron chi connectivity index (χ2n) is 6.80. The Morgan fingerprint density at radius 2 is 1.91 bits per heavy atom. The number of hydrogen-bond donors (Lipinski definition) is 2. The zero-order valence-corrected chi connectivity index (χ0v) is 14.7. The van der Waals surface area contributed by atoms with Gasteiger partial charge in [-0.25, -0.2) is 0 Å². The zero-order chi connectivity index (χ0) is 17.2. The standard InChI is InChI=1S/C18H27N3O2/c1-6-7-8-19-16(22)11-21-15-10-13(3)12(2)9-14(15)20-18(4,5)17(21)23/h9-10,20H,6-8,11H2,1-5H3,(H,19,22). The summed E-state index contributed by atoms with van der Waals surface area (Å²) in [7, 11) is 0. The fourth-order valence-electron chi connectivity index (χ4n) is 2.72. The SMILES string of the molecule is CCCCNC(=O)CN1C(=O)C(C)(C)Nc2cc(C)c(C)cc21. The number of unbranched alkanes of at least 4 members (excludes halogenated alkanes) is 1. The van der Waals surface area contributed by atoms with Crippen LogP contribution in [0.4, 0.5) is 11.4 Å². The molecule has 2 amide bonds. The van der Waals surface area contributed by atoms with Crippen LogP contribution in [0.15, 0.2) is 12.1 Å². The average molecular weight is 317 g/mol. The minimum Gasteiger partial charge on any atom is -0.370 e. The van der Waals surface area contributed by atoms with Crippen molar-refractivity contribution in [3.8, 4) is 0 Å². The highest BCUT2D eigenvalue weighted by Gasteiger charge is 2.39. The van der Waals surface area contributed by atoms with Crippen molar-refractivity contribution in [3.05, 3.63) is 23.3 Å². The first-order chi connectivity index (χ1) is 10.8. The summed E-state index contributed by atoms with van der Waals surface area (Å²) >= 11 is 0. The molecule has 0 unspecified atom stereocenters. The second kappa shape index (κ2) is 6.60. The van der Waals surface area contributed by atoms with Gasteiger partial charge in [0.15, 0.2) is 0 Å². The number of amides is 2. The molecule has 0 atom stereocenters. The predicted octanol–water partition coefficient (Wildman–Crippen LogP) is 2.76. The first kappa shape index (κ1) is 17.3. The van der Waals surface area contributed by atoms with Gasteiger partial charge in [0, 0.05) is 6.54 Å². The van der Waals surface area contributed by atoms with E-state index in [9.17, 15) is 9.59 Å². The topological polar surface area (TPSA) is 61.4 Å². The number of nitrogens with zero attached hydrogens (tertiary/aromatic N) is 1. The molecule has 0 aliphatic carbocycles. The number of hydrogen-bond acceptors (Lipinski definition) is 3. The van der Waals surface area contributed by atoms with E-state index in [1.165, 1.54) is 0 Å². The summed E-state index contributed by atoms with van der Waals surface area (Å²) in [6.45, 7) is 10.5. The molecule has 0 saturated carbocycles. The van der Waals surface area contributed by atoms with Crippen LogP contribution in [-0.4, -0.2) is 30.4 Å². The van der Waals surface area contributed by atoms with Crippen molar-refractivity contribution in [1.82, 2.24) is 5.32 Å². The van der Waals surface area contributed by atoms with Gasteiger partial charge in [-0.1, -0.05) is 13.3 Å². The Hall–Kier alpha value is -2.04. The molecule has 0 bridgehead atoms. The van der Waals surface area contributed by atoms with Crippen molar-refractivity contribution in [2.45, 2.75) is 53.0 Å². The van der Waals surface area contributed by atoms with Gasteiger partial charge in [-0.15, -0.1) is 0 Å². The molecule has 23 heavy (non-hydrogen) atoms. The van der Waals surface area contributed by atoms with Crippen molar-refractivity contribution >= 4 is 23.2 Å². The summed E-state index contributed by atoms with van der Waals surface area (Å²) in [6.07, 6.45) is 1.98. The van der Waals surface area contributed by atoms with Crippen molar-refractivity contribution in [3.63, 3.8) is 0 Å². The number of nitrogens with one attached hydrogen (secondary N) is 2. The summed E-state index contributed by atoms with van der Waals surface area (Å²) < 4.78 is 0. The maximum absolute atomic E-state index is 12.8. The summed E-state index contributed by atoms with van der Waals surface area (Å²) in [5.74, 6) is -0.201. The maximum Gasteiger partial charge on any atom is 0.252 e. The van der Waals surface area contributed by atoms with Crippen LogP contribution in [0.25, 0.3) is 0 Å². The molecule has 0 fully saturated rings. The molecule has 5 nitrogen and oxygen atoms in total. The fraction of sp³-hybridized carbons (Fsp3) is 0.556. The number of rotatable bonds is 5. The lowest BCUT2D eigenvalue weighted by Crippen LogP contribution is -2.56. The number of aryl methyl sites for hydroxylation is 2. The van der Waals surface area contributed by atoms with Gasteiger partial charge in [0.05, 0.1) is 11.4 Å². The third-order valence-corrected chi connectivity index (χ3v) is 4.28. The monoisotopic (exact) mass is 317 g/mol. The summed E-state index contributed by atoms with van der Waals surface area (Å²) in [6, 6.07) is 4.02. The highest BCUT2D eigenvalue weighted by Crippen LogP contribution is 2.37. The number of anilines is 2. The molecular weight excluding hydrogens is 290 g/mol. The molecule has 1 aromatic carbocycles. The van der Waals surface area contributed by atoms with Crippen molar-refractivity contribution < 1.29 is 9.59 Å². The quantitative estimate of drug-likeness (QED) is 0.821. The van der Waals surface area contributed by atoms with Crippen LogP contribution in [0, 0.1) is 13.8 Å². The Morgan fingerprint density at radius 3 is 2.57 bits per heavy atom. The van der Waals surface area contributed by atoms with Gasteiger partial charge in [-0.3, -0.25) is 14.5 Å². The molecular formula is C18H27N3O2. The molecule has 1 aliphatic heterocycles. The molecule has 0 saturated heterocycles. The van der Waals surface area contributed by atoms with Crippen LogP contribution in [0.3, 0.4) is 0 Å². The maximum atomic E-state index is 12.8.